The minimum absolute atomic E-state index is 0.167. The molecular weight excluding hydrogens is 256 g/mol. The zero-order valence-electron chi connectivity index (χ0n) is 15.8. The van der Waals surface area contributed by atoms with Crippen molar-refractivity contribution in [2.45, 2.75) is 112 Å². The van der Waals surface area contributed by atoms with E-state index in [9.17, 15) is 4.79 Å². The molecule has 2 saturated carbocycles. The van der Waals surface area contributed by atoms with Crippen LogP contribution in [0.2, 0.25) is 0 Å². The van der Waals surface area contributed by atoms with Crippen molar-refractivity contribution in [2.24, 2.45) is 11.8 Å². The SMILES string of the molecule is C1CCCCC1.CC(C)=O.CC(C)C.CC1CCCCC1. The molecule has 128 valence electrons. The molecule has 0 heterocycles. The molecule has 0 aromatic rings. The number of hydrogen-bond acceptors (Lipinski definition) is 1. The van der Waals surface area contributed by atoms with Crippen LogP contribution >= 0.6 is 0 Å². The third-order valence-corrected chi connectivity index (χ3v) is 3.39. The summed E-state index contributed by atoms with van der Waals surface area (Å²) in [5, 5.41) is 0. The summed E-state index contributed by atoms with van der Waals surface area (Å²) in [7, 11) is 0. The molecule has 2 aliphatic carbocycles. The summed E-state index contributed by atoms with van der Waals surface area (Å²) in [6, 6.07) is 0. The molecule has 0 amide bonds. The summed E-state index contributed by atoms with van der Waals surface area (Å²) in [6.07, 6.45) is 16.4. The maximum absolute atomic E-state index is 9.44. The van der Waals surface area contributed by atoms with Gasteiger partial charge < -0.3 is 4.79 Å². The van der Waals surface area contributed by atoms with E-state index in [1.54, 1.807) is 0 Å². The third-order valence-electron chi connectivity index (χ3n) is 3.39. The van der Waals surface area contributed by atoms with Gasteiger partial charge in [0.05, 0.1) is 0 Å². The number of hydrogen-bond donors (Lipinski definition) is 0. The molecule has 2 aliphatic rings. The van der Waals surface area contributed by atoms with Gasteiger partial charge in [-0.15, -0.1) is 0 Å². The first kappa shape index (κ1) is 22.9. The van der Waals surface area contributed by atoms with Crippen LogP contribution in [0, 0.1) is 11.8 Å². The Labute approximate surface area is 135 Å². The molecule has 0 spiro atoms. The lowest BCUT2D eigenvalue weighted by Gasteiger charge is -2.15. The Morgan fingerprint density at radius 2 is 0.905 bits per heavy atom. The normalized spacial score (nSPS) is 18.2. The Balaban J connectivity index is 0. The van der Waals surface area contributed by atoms with Gasteiger partial charge in [0.1, 0.15) is 5.78 Å². The van der Waals surface area contributed by atoms with Gasteiger partial charge in [-0.2, -0.15) is 0 Å². The zero-order chi connectivity index (χ0) is 16.5. The van der Waals surface area contributed by atoms with Crippen molar-refractivity contribution in [2.75, 3.05) is 0 Å². The van der Waals surface area contributed by atoms with Crippen LogP contribution in [0.4, 0.5) is 0 Å². The minimum Gasteiger partial charge on any atom is -0.300 e. The second kappa shape index (κ2) is 17.7. The summed E-state index contributed by atoms with van der Waals surface area (Å²) >= 11 is 0. The molecule has 2 rings (SSSR count). The molecule has 0 unspecified atom stereocenters. The summed E-state index contributed by atoms with van der Waals surface area (Å²) in [4.78, 5) is 9.44. The zero-order valence-corrected chi connectivity index (χ0v) is 15.8. The van der Waals surface area contributed by atoms with Crippen LogP contribution in [-0.2, 0) is 4.79 Å². The summed E-state index contributed by atoms with van der Waals surface area (Å²) in [5.41, 5.74) is 0. The largest absolute Gasteiger partial charge is 0.300 e. The van der Waals surface area contributed by atoms with Crippen LogP contribution in [0.1, 0.15) is 112 Å². The second-order valence-corrected chi connectivity index (χ2v) is 7.50. The first-order valence-corrected chi connectivity index (χ1v) is 9.33. The smallest absolute Gasteiger partial charge is 0.126 e. The number of carbonyl (C=O) groups is 1. The lowest BCUT2D eigenvalue weighted by molar-refractivity contribution is -0.114. The predicted molar refractivity (Wildman–Crippen MR) is 96.8 cm³/mol. The van der Waals surface area contributed by atoms with E-state index in [0.717, 1.165) is 11.8 Å². The molecule has 1 heteroatoms. The van der Waals surface area contributed by atoms with Crippen molar-refractivity contribution in [3.8, 4) is 0 Å². The second-order valence-electron chi connectivity index (χ2n) is 7.50. The highest BCUT2D eigenvalue weighted by molar-refractivity contribution is 5.72. The van der Waals surface area contributed by atoms with Crippen molar-refractivity contribution in [3.63, 3.8) is 0 Å². The third kappa shape index (κ3) is 32.9. The molecule has 0 bridgehead atoms. The summed E-state index contributed by atoms with van der Waals surface area (Å²) in [6.45, 7) is 11.9. The average Bonchev–Trinajstić information content (AvgIpc) is 2.41. The summed E-state index contributed by atoms with van der Waals surface area (Å²) in [5.74, 6) is 2.04. The van der Waals surface area contributed by atoms with Crippen molar-refractivity contribution < 1.29 is 4.79 Å². The standard InChI is InChI=1S/C7H14.C6H12.C4H10.C3H6O/c1-7-5-3-2-4-6-7;1-2-4-6-5-3-1;1-4(2)3;1-3(2)4/h7H,2-6H2,1H3;1-6H2;4H,1-3H3;1-2H3. The van der Waals surface area contributed by atoms with Crippen molar-refractivity contribution >= 4 is 5.78 Å². The van der Waals surface area contributed by atoms with E-state index in [0.29, 0.717) is 0 Å². The van der Waals surface area contributed by atoms with Gasteiger partial charge in [0.2, 0.25) is 0 Å². The first-order chi connectivity index (χ1) is 9.86. The number of Topliss-reactive ketones (excluding diaryl/α,β-unsaturated/α-hetero) is 1. The van der Waals surface area contributed by atoms with Crippen LogP contribution in [-0.4, -0.2) is 5.78 Å². The lowest BCUT2D eigenvalue weighted by atomic mass is 9.91. The van der Waals surface area contributed by atoms with Crippen LogP contribution < -0.4 is 0 Å². The van der Waals surface area contributed by atoms with E-state index in [1.807, 2.05) is 0 Å². The van der Waals surface area contributed by atoms with Crippen LogP contribution in [0.25, 0.3) is 0 Å². The van der Waals surface area contributed by atoms with Gasteiger partial charge in [-0.3, -0.25) is 0 Å². The Kier molecular flexibility index (Phi) is 19.4. The van der Waals surface area contributed by atoms with Gasteiger partial charge in [0.15, 0.2) is 0 Å². The topological polar surface area (TPSA) is 17.1 Å². The molecule has 0 aliphatic heterocycles. The molecule has 21 heavy (non-hydrogen) atoms. The Morgan fingerprint density at radius 1 is 0.714 bits per heavy atom. The summed E-state index contributed by atoms with van der Waals surface area (Å²) < 4.78 is 0. The maximum atomic E-state index is 9.44. The minimum atomic E-state index is 0.167. The highest BCUT2D eigenvalue weighted by Gasteiger charge is 2.05. The van der Waals surface area contributed by atoms with Gasteiger partial charge in [-0.1, -0.05) is 98.3 Å². The molecule has 0 radical (unpaired) electrons. The van der Waals surface area contributed by atoms with Crippen LogP contribution in [0.5, 0.6) is 0 Å². The lowest BCUT2D eigenvalue weighted by Crippen LogP contribution is -1.99. The fourth-order valence-electron chi connectivity index (χ4n) is 2.37. The predicted octanol–water partition coefficient (Wildman–Crippen LogP) is 7.18. The number of ketones is 1. The average molecular weight is 299 g/mol. The van der Waals surface area contributed by atoms with E-state index in [2.05, 4.69) is 27.7 Å². The van der Waals surface area contributed by atoms with E-state index < -0.39 is 0 Å². The van der Waals surface area contributed by atoms with E-state index in [-0.39, 0.29) is 5.78 Å². The Bertz CT molecular complexity index is 180. The van der Waals surface area contributed by atoms with Gasteiger partial charge in [0, 0.05) is 0 Å². The molecule has 0 saturated heterocycles. The van der Waals surface area contributed by atoms with E-state index >= 15 is 0 Å². The molecule has 0 aromatic heterocycles. The van der Waals surface area contributed by atoms with Gasteiger partial charge >= 0.3 is 0 Å². The molecular formula is C20H42O. The molecule has 0 aromatic carbocycles. The molecule has 0 atom stereocenters. The van der Waals surface area contributed by atoms with Crippen LogP contribution in [0.15, 0.2) is 0 Å². The first-order valence-electron chi connectivity index (χ1n) is 9.33. The Hall–Kier alpha value is -0.330. The fraction of sp³-hybridized carbons (Fsp3) is 0.950. The number of carbonyl (C=O) groups excluding carboxylic acids is 1. The van der Waals surface area contributed by atoms with Gasteiger partial charge in [-0.05, 0) is 25.7 Å². The van der Waals surface area contributed by atoms with Crippen molar-refractivity contribution in [3.05, 3.63) is 0 Å². The van der Waals surface area contributed by atoms with Gasteiger partial charge in [-0.25, -0.2) is 0 Å². The Morgan fingerprint density at radius 3 is 1.05 bits per heavy atom. The molecule has 0 N–H and O–H groups in total. The monoisotopic (exact) mass is 298 g/mol. The maximum Gasteiger partial charge on any atom is 0.126 e. The van der Waals surface area contributed by atoms with E-state index in [4.69, 9.17) is 0 Å². The van der Waals surface area contributed by atoms with Crippen molar-refractivity contribution in [1.82, 2.24) is 0 Å². The van der Waals surface area contributed by atoms with Crippen LogP contribution in [0.3, 0.4) is 0 Å². The molecule has 2 fully saturated rings. The highest BCUT2D eigenvalue weighted by atomic mass is 16.1. The molecule has 1 nitrogen and oxygen atoms in total. The fourth-order valence-corrected chi connectivity index (χ4v) is 2.37. The highest BCUT2D eigenvalue weighted by Crippen LogP contribution is 2.22. The van der Waals surface area contributed by atoms with E-state index in [1.165, 1.54) is 84.5 Å². The van der Waals surface area contributed by atoms with Crippen molar-refractivity contribution in [1.29, 1.82) is 0 Å². The van der Waals surface area contributed by atoms with Gasteiger partial charge in [0.25, 0.3) is 0 Å². The quantitative estimate of drug-likeness (QED) is 0.462. The number of rotatable bonds is 0.